The minimum absolute atomic E-state index is 0.00349. The van der Waals surface area contributed by atoms with Gasteiger partial charge in [-0.3, -0.25) is 4.79 Å². The van der Waals surface area contributed by atoms with E-state index in [9.17, 15) is 4.79 Å². The highest BCUT2D eigenvalue weighted by molar-refractivity contribution is 7.13. The molecule has 2 N–H and O–H groups in total. The van der Waals surface area contributed by atoms with Gasteiger partial charge < -0.3 is 10.4 Å². The second-order valence-corrected chi connectivity index (χ2v) is 7.33. The summed E-state index contributed by atoms with van der Waals surface area (Å²) in [5.74, 6) is -0.122. The molecule has 0 unspecified atom stereocenters. The Balaban J connectivity index is 1.69. The summed E-state index contributed by atoms with van der Waals surface area (Å²) in [4.78, 5) is 15.6. The molecule has 1 aliphatic carbocycles. The Labute approximate surface area is 134 Å². The van der Waals surface area contributed by atoms with Crippen LogP contribution >= 0.6 is 11.3 Å². The number of benzene rings is 1. The zero-order valence-electron chi connectivity index (χ0n) is 12.7. The van der Waals surface area contributed by atoms with Gasteiger partial charge in [-0.25, -0.2) is 4.98 Å². The number of para-hydroxylation sites is 1. The zero-order chi connectivity index (χ0) is 15.7. The summed E-state index contributed by atoms with van der Waals surface area (Å²) in [5.41, 5.74) is 2.10. The molecule has 5 heteroatoms. The van der Waals surface area contributed by atoms with E-state index >= 15 is 0 Å². The predicted molar refractivity (Wildman–Crippen MR) is 88.7 cm³/mol. The molecule has 1 aromatic heterocycles. The van der Waals surface area contributed by atoms with Crippen LogP contribution in [0.5, 0.6) is 0 Å². The SMILES string of the molecule is CC1(C)[C@H](CC(=O)O)C[C@H]1c1csc(Nc2ccccc2)n1. The maximum Gasteiger partial charge on any atom is 0.303 e. The third-order valence-electron chi connectivity index (χ3n) is 4.80. The molecule has 22 heavy (non-hydrogen) atoms. The van der Waals surface area contributed by atoms with Gasteiger partial charge in [-0.15, -0.1) is 11.3 Å². The predicted octanol–water partition coefficient (Wildman–Crippen LogP) is 4.49. The fraction of sp³-hybridized carbons (Fsp3) is 0.412. The van der Waals surface area contributed by atoms with Crippen molar-refractivity contribution in [3.05, 3.63) is 41.4 Å². The average molecular weight is 316 g/mol. The molecule has 0 saturated heterocycles. The Morgan fingerprint density at radius 1 is 1.41 bits per heavy atom. The maximum atomic E-state index is 10.9. The van der Waals surface area contributed by atoms with Gasteiger partial charge in [0.1, 0.15) is 0 Å². The number of nitrogens with zero attached hydrogens (tertiary/aromatic N) is 1. The Hall–Kier alpha value is -1.88. The first-order chi connectivity index (χ1) is 10.5. The topological polar surface area (TPSA) is 62.2 Å². The highest BCUT2D eigenvalue weighted by Gasteiger charge is 2.50. The molecule has 1 heterocycles. The van der Waals surface area contributed by atoms with Crippen LogP contribution in [0.1, 0.15) is 38.3 Å². The van der Waals surface area contributed by atoms with Gasteiger partial charge in [-0.05, 0) is 29.9 Å². The van der Waals surface area contributed by atoms with E-state index < -0.39 is 5.97 Å². The quantitative estimate of drug-likeness (QED) is 0.853. The van der Waals surface area contributed by atoms with Crippen LogP contribution in [0.3, 0.4) is 0 Å². The van der Waals surface area contributed by atoms with E-state index in [4.69, 9.17) is 10.1 Å². The fourth-order valence-electron chi connectivity index (χ4n) is 3.22. The van der Waals surface area contributed by atoms with Crippen molar-refractivity contribution < 1.29 is 9.90 Å². The van der Waals surface area contributed by atoms with Gasteiger partial charge in [0, 0.05) is 23.4 Å². The van der Waals surface area contributed by atoms with Crippen molar-refractivity contribution in [2.24, 2.45) is 11.3 Å². The van der Waals surface area contributed by atoms with Gasteiger partial charge in [0.2, 0.25) is 0 Å². The van der Waals surface area contributed by atoms with E-state index in [0.29, 0.717) is 5.92 Å². The number of aliphatic carboxylic acids is 1. The number of rotatable bonds is 5. The monoisotopic (exact) mass is 316 g/mol. The summed E-state index contributed by atoms with van der Waals surface area (Å²) in [6, 6.07) is 9.98. The molecule has 3 rings (SSSR count). The van der Waals surface area contributed by atoms with Crippen LogP contribution in [0.25, 0.3) is 0 Å². The van der Waals surface area contributed by atoms with Crippen LogP contribution in [0.2, 0.25) is 0 Å². The maximum absolute atomic E-state index is 10.9. The molecule has 2 aromatic rings. The van der Waals surface area contributed by atoms with E-state index in [1.807, 2.05) is 30.3 Å². The van der Waals surface area contributed by atoms with Crippen molar-refractivity contribution in [1.82, 2.24) is 4.98 Å². The number of nitrogens with one attached hydrogen (secondary N) is 1. The Bertz CT molecular complexity index is 666. The first-order valence-corrected chi connectivity index (χ1v) is 8.34. The molecule has 0 radical (unpaired) electrons. The number of thiazole rings is 1. The summed E-state index contributed by atoms with van der Waals surface area (Å²) in [7, 11) is 0. The Kier molecular flexibility index (Phi) is 3.91. The fourth-order valence-corrected chi connectivity index (χ4v) is 4.01. The number of anilines is 2. The largest absolute Gasteiger partial charge is 0.481 e. The van der Waals surface area contributed by atoms with E-state index in [2.05, 4.69) is 24.5 Å². The third-order valence-corrected chi connectivity index (χ3v) is 5.57. The van der Waals surface area contributed by atoms with Crippen molar-refractivity contribution >= 4 is 28.1 Å². The number of aromatic nitrogens is 1. The van der Waals surface area contributed by atoms with Crippen LogP contribution in [-0.2, 0) is 4.79 Å². The molecule has 116 valence electrons. The number of hydrogen-bond donors (Lipinski definition) is 2. The molecule has 1 saturated carbocycles. The Morgan fingerprint density at radius 3 is 2.77 bits per heavy atom. The highest BCUT2D eigenvalue weighted by atomic mass is 32.1. The first kappa shape index (κ1) is 15.0. The first-order valence-electron chi connectivity index (χ1n) is 7.46. The summed E-state index contributed by atoms with van der Waals surface area (Å²) < 4.78 is 0. The summed E-state index contributed by atoms with van der Waals surface area (Å²) >= 11 is 1.60. The van der Waals surface area contributed by atoms with Crippen LogP contribution in [0.4, 0.5) is 10.8 Å². The standard InChI is InChI=1S/C17H20N2O2S/c1-17(2)11(9-15(20)21)8-13(17)14-10-22-16(19-14)18-12-6-4-3-5-7-12/h3-7,10-11,13H,8-9H2,1-2H3,(H,18,19)(H,20,21)/t11-,13-/m0/s1. The van der Waals surface area contributed by atoms with Crippen molar-refractivity contribution in [3.63, 3.8) is 0 Å². The van der Waals surface area contributed by atoms with Gasteiger partial charge in [-0.1, -0.05) is 32.0 Å². The molecule has 0 bridgehead atoms. The minimum Gasteiger partial charge on any atom is -0.481 e. The molecule has 0 spiro atoms. The van der Waals surface area contributed by atoms with Crippen LogP contribution in [-0.4, -0.2) is 16.1 Å². The van der Waals surface area contributed by atoms with E-state index in [-0.39, 0.29) is 17.8 Å². The van der Waals surface area contributed by atoms with Crippen molar-refractivity contribution in [3.8, 4) is 0 Å². The number of carboxylic acids is 1. The molecule has 1 aromatic carbocycles. The summed E-state index contributed by atoms with van der Waals surface area (Å²) in [5, 5.41) is 15.3. The average Bonchev–Trinajstić information content (AvgIpc) is 2.91. The lowest BCUT2D eigenvalue weighted by atomic mass is 9.53. The number of carboxylic acid groups (broad SMARTS) is 1. The lowest BCUT2D eigenvalue weighted by Gasteiger charge is -2.51. The van der Waals surface area contributed by atoms with Gasteiger partial charge in [0.05, 0.1) is 5.69 Å². The van der Waals surface area contributed by atoms with Crippen molar-refractivity contribution in [2.45, 2.75) is 32.6 Å². The number of carbonyl (C=O) groups is 1. The second-order valence-electron chi connectivity index (χ2n) is 6.47. The lowest BCUT2D eigenvalue weighted by molar-refractivity contribution is -0.141. The normalized spacial score (nSPS) is 22.8. The molecular weight excluding hydrogens is 296 g/mol. The van der Waals surface area contributed by atoms with Gasteiger partial charge in [-0.2, -0.15) is 0 Å². The van der Waals surface area contributed by atoms with E-state index in [1.165, 1.54) is 0 Å². The van der Waals surface area contributed by atoms with Gasteiger partial charge in [0.15, 0.2) is 5.13 Å². The van der Waals surface area contributed by atoms with E-state index in [1.54, 1.807) is 11.3 Å². The van der Waals surface area contributed by atoms with Gasteiger partial charge in [0.25, 0.3) is 0 Å². The summed E-state index contributed by atoms with van der Waals surface area (Å²) in [6.45, 7) is 4.30. The van der Waals surface area contributed by atoms with Crippen LogP contribution in [0, 0.1) is 11.3 Å². The Morgan fingerprint density at radius 2 is 2.14 bits per heavy atom. The van der Waals surface area contributed by atoms with E-state index in [0.717, 1.165) is 22.9 Å². The molecule has 2 atom stereocenters. The van der Waals surface area contributed by atoms with Crippen molar-refractivity contribution in [1.29, 1.82) is 0 Å². The zero-order valence-corrected chi connectivity index (χ0v) is 13.6. The van der Waals surface area contributed by atoms with Crippen LogP contribution in [0.15, 0.2) is 35.7 Å². The molecule has 0 aliphatic heterocycles. The molecule has 1 fully saturated rings. The van der Waals surface area contributed by atoms with Gasteiger partial charge >= 0.3 is 5.97 Å². The van der Waals surface area contributed by atoms with Crippen LogP contribution < -0.4 is 5.32 Å². The lowest BCUT2D eigenvalue weighted by Crippen LogP contribution is -2.44. The smallest absolute Gasteiger partial charge is 0.303 e. The minimum atomic E-state index is -0.707. The van der Waals surface area contributed by atoms with Crippen molar-refractivity contribution in [2.75, 3.05) is 5.32 Å². The second kappa shape index (κ2) is 5.72. The number of hydrogen-bond acceptors (Lipinski definition) is 4. The third kappa shape index (κ3) is 2.86. The molecule has 0 amide bonds. The molecular formula is C17H20N2O2S. The highest BCUT2D eigenvalue weighted by Crippen LogP contribution is 2.58. The molecule has 4 nitrogen and oxygen atoms in total. The molecule has 1 aliphatic rings. The summed E-state index contributed by atoms with van der Waals surface area (Å²) in [6.07, 6.45) is 1.16.